The Bertz CT molecular complexity index is 138. The van der Waals surface area contributed by atoms with Gasteiger partial charge in [0.25, 0.3) is 0 Å². The van der Waals surface area contributed by atoms with Gasteiger partial charge in [0.2, 0.25) is 0 Å². The van der Waals surface area contributed by atoms with Crippen LogP contribution < -0.4 is 0 Å². The Labute approximate surface area is 68.7 Å². The van der Waals surface area contributed by atoms with Crippen LogP contribution in [-0.4, -0.2) is 62.8 Å². The van der Waals surface area contributed by atoms with Crippen molar-refractivity contribution in [1.82, 2.24) is 0 Å². The molecular weight excluding hydrogens is 170 g/mol. The third kappa shape index (κ3) is 2.84. The van der Waals surface area contributed by atoms with E-state index in [9.17, 15) is 4.79 Å². The summed E-state index contributed by atoms with van der Waals surface area (Å²) >= 11 is 0. The number of rotatable bonds is 5. The fourth-order valence-electron chi connectivity index (χ4n) is 0.618. The van der Waals surface area contributed by atoms with Crippen LogP contribution in [0.4, 0.5) is 0 Å². The Morgan fingerprint density at radius 1 is 1.08 bits per heavy atom. The standard InChI is InChI=1S/C6H12O6/c7-1-3(9)5(11)6(12)4(10)2-8/h1,3-6,8-12H,2H2/t3-,4+,5+,6+/m0/s1/i5+1,6+1. The van der Waals surface area contributed by atoms with Gasteiger partial charge < -0.3 is 30.3 Å². The van der Waals surface area contributed by atoms with Crippen molar-refractivity contribution in [3.63, 3.8) is 0 Å². The van der Waals surface area contributed by atoms with Crippen molar-refractivity contribution in [2.75, 3.05) is 6.61 Å². The van der Waals surface area contributed by atoms with Gasteiger partial charge in [-0.15, -0.1) is 0 Å². The molecule has 6 heteroatoms. The van der Waals surface area contributed by atoms with E-state index in [-0.39, 0.29) is 6.29 Å². The second-order valence-corrected chi connectivity index (χ2v) is 2.36. The highest BCUT2D eigenvalue weighted by Gasteiger charge is 2.29. The predicted molar refractivity (Wildman–Crippen MR) is 37.2 cm³/mol. The van der Waals surface area contributed by atoms with Gasteiger partial charge in [0, 0.05) is 0 Å². The lowest BCUT2D eigenvalue weighted by Crippen LogP contribution is -2.46. The van der Waals surface area contributed by atoms with Crippen molar-refractivity contribution in [2.45, 2.75) is 24.4 Å². The van der Waals surface area contributed by atoms with Gasteiger partial charge in [-0.25, -0.2) is 0 Å². The summed E-state index contributed by atoms with van der Waals surface area (Å²) in [5.41, 5.74) is 0. The Kier molecular flexibility index (Phi) is 4.95. The van der Waals surface area contributed by atoms with E-state index in [0.717, 1.165) is 0 Å². The van der Waals surface area contributed by atoms with Crippen LogP contribution in [0.3, 0.4) is 0 Å². The molecule has 0 rings (SSSR count). The molecule has 0 unspecified atom stereocenters. The van der Waals surface area contributed by atoms with Crippen LogP contribution in [-0.2, 0) is 4.79 Å². The highest BCUT2D eigenvalue weighted by Crippen LogP contribution is 2.02. The van der Waals surface area contributed by atoms with E-state index < -0.39 is 31.0 Å². The molecule has 0 spiro atoms. The van der Waals surface area contributed by atoms with Crippen molar-refractivity contribution in [3.8, 4) is 0 Å². The molecule has 0 amide bonds. The molecule has 0 bridgehead atoms. The molecule has 4 atom stereocenters. The molecule has 0 saturated heterocycles. The lowest BCUT2D eigenvalue weighted by atomic mass is 10.4. The molecule has 0 aromatic heterocycles. The number of aldehydes is 1. The molecule has 0 fully saturated rings. The van der Waals surface area contributed by atoms with E-state index >= 15 is 0 Å². The molecule has 0 aromatic rings. The molecule has 0 aromatic carbocycles. The second kappa shape index (κ2) is 5.18. The molecule has 0 saturated carbocycles. The first-order chi connectivity index (χ1) is 5.54. The van der Waals surface area contributed by atoms with Crippen LogP contribution in [0, 0.1) is 0 Å². The Balaban J connectivity index is 4.07. The summed E-state index contributed by atoms with van der Waals surface area (Å²) in [4.78, 5) is 9.90. The van der Waals surface area contributed by atoms with E-state index in [0.29, 0.717) is 0 Å². The van der Waals surface area contributed by atoms with Gasteiger partial charge in [0.05, 0.1) is 6.61 Å². The molecule has 72 valence electrons. The SMILES string of the molecule is O=C[C@H](O)[13C@@H](O)[13C@H](O)[C@H](O)CO. The summed E-state index contributed by atoms with van der Waals surface area (Å²) in [6.07, 6.45) is -6.84. The maximum absolute atomic E-state index is 9.90. The van der Waals surface area contributed by atoms with Gasteiger partial charge in [0.15, 0.2) is 6.29 Å². The molecular formula is C6H12O6. The average molecular weight is 182 g/mol. The smallest absolute Gasteiger partial charge is 0.151 e. The highest BCUT2D eigenvalue weighted by molar-refractivity contribution is 5.56. The Morgan fingerprint density at radius 2 is 1.58 bits per heavy atom. The summed E-state index contributed by atoms with van der Waals surface area (Å²) < 4.78 is 0. The van der Waals surface area contributed by atoms with E-state index in [1.165, 1.54) is 0 Å². The minimum Gasteiger partial charge on any atom is -0.394 e. The van der Waals surface area contributed by atoms with Crippen molar-refractivity contribution < 1.29 is 30.3 Å². The number of hydrogen-bond acceptors (Lipinski definition) is 6. The van der Waals surface area contributed by atoms with Gasteiger partial charge in [-0.1, -0.05) is 0 Å². The Hall–Kier alpha value is -0.530. The largest absolute Gasteiger partial charge is 0.394 e. The van der Waals surface area contributed by atoms with Crippen molar-refractivity contribution in [1.29, 1.82) is 0 Å². The number of hydrogen-bond donors (Lipinski definition) is 5. The fraction of sp³-hybridized carbons (Fsp3) is 0.833. The van der Waals surface area contributed by atoms with Crippen LogP contribution in [0.1, 0.15) is 0 Å². The van der Waals surface area contributed by atoms with Crippen LogP contribution in [0.2, 0.25) is 0 Å². The second-order valence-electron chi connectivity index (χ2n) is 2.36. The van der Waals surface area contributed by atoms with Crippen molar-refractivity contribution >= 4 is 6.29 Å². The minimum absolute atomic E-state index is 0.0258. The third-order valence-electron chi connectivity index (χ3n) is 1.42. The maximum atomic E-state index is 9.90. The molecule has 0 aliphatic heterocycles. The number of aliphatic hydroxyl groups excluding tert-OH is 5. The third-order valence-corrected chi connectivity index (χ3v) is 1.42. The zero-order valence-corrected chi connectivity index (χ0v) is 6.24. The van der Waals surface area contributed by atoms with Crippen molar-refractivity contribution in [3.05, 3.63) is 0 Å². The first-order valence-corrected chi connectivity index (χ1v) is 3.33. The van der Waals surface area contributed by atoms with Crippen LogP contribution >= 0.6 is 0 Å². The van der Waals surface area contributed by atoms with Gasteiger partial charge >= 0.3 is 0 Å². The topological polar surface area (TPSA) is 118 Å². The summed E-state index contributed by atoms with van der Waals surface area (Å²) in [5, 5.41) is 43.5. The molecule has 12 heavy (non-hydrogen) atoms. The maximum Gasteiger partial charge on any atom is 0.151 e. The summed E-state index contributed by atoms with van der Waals surface area (Å²) in [7, 11) is 0. The minimum atomic E-state index is -1.79. The lowest BCUT2D eigenvalue weighted by molar-refractivity contribution is -0.136. The summed E-state index contributed by atoms with van der Waals surface area (Å²) in [6.45, 7) is -0.760. The monoisotopic (exact) mass is 182 g/mol. The van der Waals surface area contributed by atoms with E-state index in [4.69, 9.17) is 25.5 Å². The summed E-state index contributed by atoms with van der Waals surface area (Å²) in [5.74, 6) is 0. The first-order valence-electron chi connectivity index (χ1n) is 3.33. The zero-order chi connectivity index (χ0) is 9.72. The van der Waals surface area contributed by atoms with Gasteiger partial charge in [-0.05, 0) is 0 Å². The lowest BCUT2D eigenvalue weighted by Gasteiger charge is -2.22. The van der Waals surface area contributed by atoms with E-state index in [2.05, 4.69) is 0 Å². The van der Waals surface area contributed by atoms with Gasteiger partial charge in [0.1, 0.15) is 24.4 Å². The van der Waals surface area contributed by atoms with Crippen LogP contribution in [0.5, 0.6) is 0 Å². The first kappa shape index (κ1) is 11.5. The number of carbonyl (C=O) groups excluding carboxylic acids is 1. The quantitative estimate of drug-likeness (QED) is 0.223. The zero-order valence-electron chi connectivity index (χ0n) is 6.24. The number of aliphatic hydroxyl groups is 5. The molecule has 5 N–H and O–H groups in total. The fourth-order valence-corrected chi connectivity index (χ4v) is 0.618. The van der Waals surface area contributed by atoms with Crippen molar-refractivity contribution in [2.24, 2.45) is 0 Å². The highest BCUT2D eigenvalue weighted by atomic mass is 16.5. The molecule has 0 aliphatic rings. The van der Waals surface area contributed by atoms with E-state index in [1.54, 1.807) is 0 Å². The molecule has 0 aliphatic carbocycles. The normalized spacial score (nSPS) is 21.1. The van der Waals surface area contributed by atoms with Crippen LogP contribution in [0.25, 0.3) is 0 Å². The van der Waals surface area contributed by atoms with E-state index in [1.807, 2.05) is 0 Å². The molecule has 0 radical (unpaired) electrons. The number of carbonyl (C=O) groups is 1. The summed E-state index contributed by atoms with van der Waals surface area (Å²) in [6, 6.07) is 0. The van der Waals surface area contributed by atoms with Gasteiger partial charge in [-0.2, -0.15) is 0 Å². The molecule has 6 nitrogen and oxygen atoms in total. The predicted octanol–water partition coefficient (Wildman–Crippen LogP) is -3.38. The van der Waals surface area contributed by atoms with Crippen LogP contribution in [0.15, 0.2) is 0 Å². The van der Waals surface area contributed by atoms with Gasteiger partial charge in [-0.3, -0.25) is 0 Å². The average Bonchev–Trinajstić information content (AvgIpc) is 2.12. The molecule has 0 heterocycles. The Morgan fingerprint density at radius 3 is 1.92 bits per heavy atom.